The molecule has 2 heterocycles. The van der Waals surface area contributed by atoms with Crippen LogP contribution in [0.15, 0.2) is 30.3 Å². The zero-order valence-corrected chi connectivity index (χ0v) is 18.2. The number of thiophene rings is 1. The largest absolute Gasteiger partial charge is 0.454 e. The number of nitrogens with one attached hydrogen (secondary N) is 1. The number of unbranched alkanes of at least 4 members (excludes halogenated alkanes) is 1. The first-order chi connectivity index (χ1) is 14.2. The van der Waals surface area contributed by atoms with Gasteiger partial charge in [0, 0.05) is 24.6 Å². The lowest BCUT2D eigenvalue weighted by molar-refractivity contribution is 0.0877. The van der Waals surface area contributed by atoms with Gasteiger partial charge in [0.2, 0.25) is 6.79 Å². The zero-order valence-electron chi connectivity index (χ0n) is 17.4. The van der Waals surface area contributed by atoms with E-state index >= 15 is 0 Å². The number of carbonyl (C=O) groups is 1. The molecule has 5 nitrogen and oxygen atoms in total. The molecule has 1 amide bonds. The molecule has 0 spiro atoms. The number of amides is 1. The summed E-state index contributed by atoms with van der Waals surface area (Å²) < 4.78 is 16.6. The van der Waals surface area contributed by atoms with Crippen molar-refractivity contribution in [3.63, 3.8) is 0 Å². The molecule has 0 fully saturated rings. The molecule has 1 unspecified atom stereocenters. The van der Waals surface area contributed by atoms with Crippen molar-refractivity contribution in [2.24, 2.45) is 5.92 Å². The molecule has 6 heteroatoms. The summed E-state index contributed by atoms with van der Waals surface area (Å²) in [4.78, 5) is 14.1. The van der Waals surface area contributed by atoms with Gasteiger partial charge < -0.3 is 19.5 Å². The van der Waals surface area contributed by atoms with Gasteiger partial charge in [0.15, 0.2) is 11.5 Å². The topological polar surface area (TPSA) is 56.8 Å². The van der Waals surface area contributed by atoms with E-state index in [-0.39, 0.29) is 12.7 Å². The van der Waals surface area contributed by atoms with Crippen LogP contribution in [0.2, 0.25) is 0 Å². The van der Waals surface area contributed by atoms with Crippen molar-refractivity contribution in [3.8, 4) is 21.9 Å². The Balaban J connectivity index is 1.38. The van der Waals surface area contributed by atoms with Gasteiger partial charge in [-0.1, -0.05) is 33.1 Å². The van der Waals surface area contributed by atoms with Gasteiger partial charge in [0.25, 0.3) is 5.91 Å². The molecule has 0 aliphatic carbocycles. The Morgan fingerprint density at radius 3 is 2.86 bits per heavy atom. The van der Waals surface area contributed by atoms with Gasteiger partial charge in [-0.05, 0) is 54.7 Å². The second-order valence-electron chi connectivity index (χ2n) is 7.33. The van der Waals surface area contributed by atoms with Gasteiger partial charge in [0.05, 0.1) is 4.88 Å². The summed E-state index contributed by atoms with van der Waals surface area (Å²) in [6.07, 6.45) is 5.75. The van der Waals surface area contributed by atoms with Crippen molar-refractivity contribution >= 4 is 17.2 Å². The molecule has 158 valence electrons. The summed E-state index contributed by atoms with van der Waals surface area (Å²) in [6.45, 7) is 6.86. The fraction of sp³-hybridized carbons (Fsp3) is 0.522. The molecule has 1 N–H and O–H groups in total. The van der Waals surface area contributed by atoms with Crippen LogP contribution in [0.5, 0.6) is 11.5 Å². The molecule has 3 rings (SSSR count). The Hall–Kier alpha value is -2.05. The Labute approximate surface area is 177 Å². The van der Waals surface area contributed by atoms with E-state index in [1.807, 2.05) is 30.3 Å². The van der Waals surface area contributed by atoms with E-state index in [9.17, 15) is 4.79 Å². The number of benzene rings is 1. The summed E-state index contributed by atoms with van der Waals surface area (Å²) >= 11 is 1.48. The van der Waals surface area contributed by atoms with Crippen molar-refractivity contribution in [2.75, 3.05) is 26.6 Å². The number of hydrogen-bond donors (Lipinski definition) is 1. The second-order valence-corrected chi connectivity index (χ2v) is 8.42. The molecule has 0 saturated carbocycles. The number of hydrogen-bond acceptors (Lipinski definition) is 5. The van der Waals surface area contributed by atoms with Crippen LogP contribution in [0.4, 0.5) is 0 Å². The summed E-state index contributed by atoms with van der Waals surface area (Å²) in [5.74, 6) is 2.14. The van der Waals surface area contributed by atoms with Crippen LogP contribution in [0.25, 0.3) is 10.4 Å². The van der Waals surface area contributed by atoms with Crippen LogP contribution in [0.1, 0.15) is 55.6 Å². The van der Waals surface area contributed by atoms with Crippen molar-refractivity contribution in [2.45, 2.75) is 46.0 Å². The van der Waals surface area contributed by atoms with Crippen LogP contribution in [-0.4, -0.2) is 32.5 Å². The Kier molecular flexibility index (Phi) is 8.38. The van der Waals surface area contributed by atoms with Crippen LogP contribution in [0, 0.1) is 5.92 Å². The van der Waals surface area contributed by atoms with Crippen molar-refractivity contribution in [1.82, 2.24) is 5.32 Å². The monoisotopic (exact) mass is 417 g/mol. The molecule has 1 atom stereocenters. The highest BCUT2D eigenvalue weighted by atomic mass is 32.1. The lowest BCUT2D eigenvalue weighted by atomic mass is 10.0. The van der Waals surface area contributed by atoms with E-state index in [2.05, 4.69) is 19.2 Å². The number of carbonyl (C=O) groups excluding carboxylic acids is 1. The normalized spacial score (nSPS) is 13.4. The van der Waals surface area contributed by atoms with Crippen molar-refractivity contribution in [1.29, 1.82) is 0 Å². The Bertz CT molecular complexity index is 789. The van der Waals surface area contributed by atoms with Gasteiger partial charge in [-0.15, -0.1) is 11.3 Å². The Morgan fingerprint density at radius 2 is 2.03 bits per heavy atom. The second kappa shape index (κ2) is 11.2. The fourth-order valence-corrected chi connectivity index (χ4v) is 4.20. The molecular weight excluding hydrogens is 386 g/mol. The predicted octanol–water partition coefficient (Wildman–Crippen LogP) is 5.50. The minimum atomic E-state index is -0.0311. The molecular formula is C23H31NO4S. The maximum atomic E-state index is 12.4. The predicted molar refractivity (Wildman–Crippen MR) is 117 cm³/mol. The maximum Gasteiger partial charge on any atom is 0.261 e. The third kappa shape index (κ3) is 6.21. The fourth-order valence-electron chi connectivity index (χ4n) is 3.28. The minimum absolute atomic E-state index is 0.0311. The summed E-state index contributed by atoms with van der Waals surface area (Å²) in [6, 6.07) is 9.69. The van der Waals surface area contributed by atoms with E-state index in [4.69, 9.17) is 14.2 Å². The number of fused-ring (bicyclic) bond motifs is 1. The zero-order chi connectivity index (χ0) is 20.5. The van der Waals surface area contributed by atoms with Gasteiger partial charge in [0.1, 0.15) is 0 Å². The molecule has 0 saturated heterocycles. The van der Waals surface area contributed by atoms with E-state index in [1.54, 1.807) is 0 Å². The van der Waals surface area contributed by atoms with Gasteiger partial charge in [-0.3, -0.25) is 4.79 Å². The smallest absolute Gasteiger partial charge is 0.261 e. The quantitative estimate of drug-likeness (QED) is 0.464. The highest BCUT2D eigenvalue weighted by Gasteiger charge is 2.16. The standard InChI is InChI=1S/C23H31NO4S/c1-3-5-7-17(4-2)15-26-13-6-12-24-23(25)22-11-10-21(29-22)18-8-9-19-20(14-18)28-16-27-19/h8-11,14,17H,3-7,12-13,15-16H2,1-2H3,(H,24,25). The summed E-state index contributed by atoms with van der Waals surface area (Å²) in [5.41, 5.74) is 1.03. The molecule has 1 aliphatic rings. The van der Waals surface area contributed by atoms with Crippen LogP contribution in [0.3, 0.4) is 0 Å². The lowest BCUT2D eigenvalue weighted by Gasteiger charge is -2.14. The summed E-state index contributed by atoms with van der Waals surface area (Å²) in [7, 11) is 0. The average Bonchev–Trinajstić information content (AvgIpc) is 3.41. The van der Waals surface area contributed by atoms with Gasteiger partial charge in [-0.25, -0.2) is 0 Å². The number of rotatable bonds is 12. The molecule has 1 aromatic heterocycles. The van der Waals surface area contributed by atoms with Crippen LogP contribution >= 0.6 is 11.3 Å². The SMILES string of the molecule is CCCCC(CC)COCCCNC(=O)c1ccc(-c2ccc3c(c2)OCO3)s1. The van der Waals surface area contributed by atoms with E-state index < -0.39 is 0 Å². The molecule has 0 bridgehead atoms. The van der Waals surface area contributed by atoms with Gasteiger partial charge >= 0.3 is 0 Å². The number of ether oxygens (including phenoxy) is 3. The molecule has 2 aromatic rings. The minimum Gasteiger partial charge on any atom is -0.454 e. The summed E-state index contributed by atoms with van der Waals surface area (Å²) in [5, 5.41) is 2.99. The molecule has 0 radical (unpaired) electrons. The lowest BCUT2D eigenvalue weighted by Crippen LogP contribution is -2.24. The molecule has 1 aliphatic heterocycles. The first-order valence-electron chi connectivity index (χ1n) is 10.6. The first kappa shape index (κ1) is 21.7. The Morgan fingerprint density at radius 1 is 1.17 bits per heavy atom. The third-order valence-corrected chi connectivity index (χ3v) is 6.27. The van der Waals surface area contributed by atoms with E-state index in [1.165, 1.54) is 37.0 Å². The van der Waals surface area contributed by atoms with Crippen LogP contribution < -0.4 is 14.8 Å². The molecule has 29 heavy (non-hydrogen) atoms. The van der Waals surface area contributed by atoms with E-state index in [0.717, 1.165) is 35.0 Å². The van der Waals surface area contributed by atoms with Crippen molar-refractivity contribution in [3.05, 3.63) is 35.2 Å². The first-order valence-corrected chi connectivity index (χ1v) is 11.4. The van der Waals surface area contributed by atoms with E-state index in [0.29, 0.717) is 23.9 Å². The third-order valence-electron chi connectivity index (χ3n) is 5.13. The molecule has 1 aromatic carbocycles. The van der Waals surface area contributed by atoms with Gasteiger partial charge in [-0.2, -0.15) is 0 Å². The van der Waals surface area contributed by atoms with Crippen molar-refractivity contribution < 1.29 is 19.0 Å². The highest BCUT2D eigenvalue weighted by molar-refractivity contribution is 7.17. The van der Waals surface area contributed by atoms with Crippen LogP contribution in [-0.2, 0) is 4.74 Å². The maximum absolute atomic E-state index is 12.4. The highest BCUT2D eigenvalue weighted by Crippen LogP contribution is 2.37. The average molecular weight is 418 g/mol.